The van der Waals surface area contributed by atoms with Gasteiger partial charge < -0.3 is 4.90 Å². The number of hydrogen-bond acceptors (Lipinski definition) is 3. The van der Waals surface area contributed by atoms with Gasteiger partial charge in [0.25, 0.3) is 5.91 Å². The maximum Gasteiger partial charge on any atom is 0.253 e. The molecule has 0 unspecified atom stereocenters. The highest BCUT2D eigenvalue weighted by Crippen LogP contribution is 2.17. The topological polar surface area (TPSA) is 66.5 Å². The number of carbonyl (C=O) groups is 1. The molecule has 0 aromatic heterocycles. The summed E-state index contributed by atoms with van der Waals surface area (Å²) in [6.07, 6.45) is 2.02. The maximum atomic E-state index is 12.3. The molecule has 116 valence electrons. The molecule has 1 aliphatic rings. The Morgan fingerprint density at radius 1 is 1.19 bits per heavy atom. The molecule has 1 aromatic rings. The molecule has 1 saturated heterocycles. The van der Waals surface area contributed by atoms with Gasteiger partial charge in [0.2, 0.25) is 10.0 Å². The normalized spacial score (nSPS) is 16.2. The molecule has 0 spiro atoms. The highest BCUT2D eigenvalue weighted by molar-refractivity contribution is 7.89. The van der Waals surface area contributed by atoms with Crippen molar-refractivity contribution in [2.45, 2.75) is 44.0 Å². The van der Waals surface area contributed by atoms with E-state index in [9.17, 15) is 13.2 Å². The molecule has 5 nitrogen and oxygen atoms in total. The monoisotopic (exact) mass is 310 g/mol. The van der Waals surface area contributed by atoms with Crippen molar-refractivity contribution in [2.24, 2.45) is 0 Å². The molecule has 1 amide bonds. The van der Waals surface area contributed by atoms with Crippen LogP contribution < -0.4 is 4.72 Å². The molecule has 0 bridgehead atoms. The zero-order chi connectivity index (χ0) is 15.7. The van der Waals surface area contributed by atoms with Crippen LogP contribution in [0.15, 0.2) is 29.2 Å². The number of amides is 1. The Kier molecular flexibility index (Phi) is 4.39. The number of sulfonamides is 1. The van der Waals surface area contributed by atoms with E-state index in [1.165, 1.54) is 12.1 Å². The third-order valence-corrected chi connectivity index (χ3v) is 4.98. The molecular formula is C15H22N2O3S. The molecule has 1 fully saturated rings. The zero-order valence-corrected chi connectivity index (χ0v) is 13.5. The van der Waals surface area contributed by atoms with Crippen LogP contribution in [0.5, 0.6) is 0 Å². The van der Waals surface area contributed by atoms with Gasteiger partial charge in [-0.2, -0.15) is 0 Å². The lowest BCUT2D eigenvalue weighted by atomic mass is 10.1. The van der Waals surface area contributed by atoms with Gasteiger partial charge in [0.15, 0.2) is 0 Å². The van der Waals surface area contributed by atoms with Crippen molar-refractivity contribution in [3.63, 3.8) is 0 Å². The standard InChI is InChI=1S/C15H22N2O3S/c1-15(2,3)16-21(19,20)13-8-6-7-12(11-13)14(18)17-9-4-5-10-17/h6-8,11,16H,4-5,9-10H2,1-3H3. The minimum absolute atomic E-state index is 0.0969. The number of rotatable bonds is 3. The second-order valence-electron chi connectivity index (χ2n) is 6.38. The summed E-state index contributed by atoms with van der Waals surface area (Å²) >= 11 is 0. The smallest absolute Gasteiger partial charge is 0.253 e. The summed E-state index contributed by atoms with van der Waals surface area (Å²) < 4.78 is 27.2. The Labute approximate surface area is 126 Å². The van der Waals surface area contributed by atoms with Crippen molar-refractivity contribution in [3.05, 3.63) is 29.8 Å². The van der Waals surface area contributed by atoms with Gasteiger partial charge in [0, 0.05) is 24.2 Å². The molecule has 21 heavy (non-hydrogen) atoms. The number of nitrogens with zero attached hydrogens (tertiary/aromatic N) is 1. The van der Waals surface area contributed by atoms with E-state index in [1.54, 1.807) is 37.8 Å². The Bertz CT molecular complexity index is 627. The van der Waals surface area contributed by atoms with Gasteiger partial charge >= 0.3 is 0 Å². The molecule has 0 radical (unpaired) electrons. The van der Waals surface area contributed by atoms with Crippen molar-refractivity contribution < 1.29 is 13.2 Å². The Morgan fingerprint density at radius 3 is 2.38 bits per heavy atom. The minimum Gasteiger partial charge on any atom is -0.339 e. The van der Waals surface area contributed by atoms with Gasteiger partial charge in [-0.1, -0.05) is 6.07 Å². The Morgan fingerprint density at radius 2 is 1.81 bits per heavy atom. The Hall–Kier alpha value is -1.40. The van der Waals surface area contributed by atoms with Gasteiger partial charge in [-0.3, -0.25) is 4.79 Å². The molecule has 0 saturated carbocycles. The summed E-state index contributed by atoms with van der Waals surface area (Å²) in [5, 5.41) is 0. The molecule has 0 atom stereocenters. The van der Waals surface area contributed by atoms with Crippen LogP contribution in [-0.4, -0.2) is 37.9 Å². The lowest BCUT2D eigenvalue weighted by molar-refractivity contribution is 0.0792. The molecule has 0 aliphatic carbocycles. The molecule has 6 heteroatoms. The first-order valence-electron chi connectivity index (χ1n) is 7.12. The van der Waals surface area contributed by atoms with E-state index in [-0.39, 0.29) is 10.8 Å². The van der Waals surface area contributed by atoms with E-state index in [0.29, 0.717) is 5.56 Å². The lowest BCUT2D eigenvalue weighted by Gasteiger charge is -2.21. The number of likely N-dealkylation sites (tertiary alicyclic amines) is 1. The van der Waals surface area contributed by atoms with E-state index in [4.69, 9.17) is 0 Å². The summed E-state index contributed by atoms with van der Waals surface area (Å²) in [4.78, 5) is 14.2. The average Bonchev–Trinajstić information content (AvgIpc) is 2.89. The van der Waals surface area contributed by atoms with E-state index in [2.05, 4.69) is 4.72 Å². The summed E-state index contributed by atoms with van der Waals surface area (Å²) in [7, 11) is -3.62. The van der Waals surface area contributed by atoms with Crippen molar-refractivity contribution >= 4 is 15.9 Å². The maximum absolute atomic E-state index is 12.3. The molecule has 2 rings (SSSR count). The zero-order valence-electron chi connectivity index (χ0n) is 12.7. The number of nitrogens with one attached hydrogen (secondary N) is 1. The molecular weight excluding hydrogens is 288 g/mol. The van der Waals surface area contributed by atoms with Crippen molar-refractivity contribution in [3.8, 4) is 0 Å². The fourth-order valence-corrected chi connectivity index (χ4v) is 3.82. The Balaban J connectivity index is 2.27. The fourth-order valence-electron chi connectivity index (χ4n) is 2.36. The van der Waals surface area contributed by atoms with Crippen LogP contribution >= 0.6 is 0 Å². The summed E-state index contributed by atoms with van der Waals surface area (Å²) in [6, 6.07) is 6.24. The predicted octanol–water partition coefficient (Wildman–Crippen LogP) is 2.00. The number of benzene rings is 1. The van der Waals surface area contributed by atoms with Crippen molar-refractivity contribution in [2.75, 3.05) is 13.1 Å². The first kappa shape index (κ1) is 16.0. The van der Waals surface area contributed by atoms with Crippen LogP contribution in [0, 0.1) is 0 Å². The molecule has 1 heterocycles. The van der Waals surface area contributed by atoms with E-state index in [0.717, 1.165) is 25.9 Å². The lowest BCUT2D eigenvalue weighted by Crippen LogP contribution is -2.40. The second kappa shape index (κ2) is 5.77. The van der Waals surface area contributed by atoms with Crippen molar-refractivity contribution in [1.29, 1.82) is 0 Å². The summed E-state index contributed by atoms with van der Waals surface area (Å²) in [5.74, 6) is -0.0969. The van der Waals surface area contributed by atoms with Crippen LogP contribution in [0.4, 0.5) is 0 Å². The van der Waals surface area contributed by atoms with Gasteiger partial charge in [-0.05, 0) is 51.8 Å². The van der Waals surface area contributed by atoms with Gasteiger partial charge in [-0.25, -0.2) is 13.1 Å². The number of carbonyl (C=O) groups excluding carboxylic acids is 1. The average molecular weight is 310 g/mol. The van der Waals surface area contributed by atoms with Crippen molar-refractivity contribution in [1.82, 2.24) is 9.62 Å². The molecule has 1 N–H and O–H groups in total. The third-order valence-electron chi connectivity index (χ3n) is 3.23. The summed E-state index contributed by atoms with van der Waals surface area (Å²) in [5.41, 5.74) is -0.137. The highest BCUT2D eigenvalue weighted by Gasteiger charge is 2.24. The predicted molar refractivity (Wildman–Crippen MR) is 81.7 cm³/mol. The van der Waals surface area contributed by atoms with Crippen LogP contribution in [0.25, 0.3) is 0 Å². The fraction of sp³-hybridized carbons (Fsp3) is 0.533. The minimum atomic E-state index is -3.62. The summed E-state index contributed by atoms with van der Waals surface area (Å²) in [6.45, 7) is 6.84. The van der Waals surface area contributed by atoms with Gasteiger partial charge in [0.05, 0.1) is 4.90 Å². The molecule has 1 aliphatic heterocycles. The third kappa shape index (κ3) is 4.04. The van der Waals surface area contributed by atoms with Gasteiger partial charge in [0.1, 0.15) is 0 Å². The van der Waals surface area contributed by atoms with E-state index in [1.807, 2.05) is 0 Å². The van der Waals surface area contributed by atoms with Crippen LogP contribution in [0.3, 0.4) is 0 Å². The van der Waals surface area contributed by atoms with Gasteiger partial charge in [-0.15, -0.1) is 0 Å². The molecule has 1 aromatic carbocycles. The second-order valence-corrected chi connectivity index (χ2v) is 8.07. The number of hydrogen-bond donors (Lipinski definition) is 1. The van der Waals surface area contributed by atoms with E-state index < -0.39 is 15.6 Å². The largest absolute Gasteiger partial charge is 0.339 e. The SMILES string of the molecule is CC(C)(C)NS(=O)(=O)c1cccc(C(=O)N2CCCC2)c1. The van der Waals surface area contributed by atoms with Crippen LogP contribution in [-0.2, 0) is 10.0 Å². The van der Waals surface area contributed by atoms with Crippen LogP contribution in [0.2, 0.25) is 0 Å². The van der Waals surface area contributed by atoms with Crippen LogP contribution in [0.1, 0.15) is 44.0 Å². The van der Waals surface area contributed by atoms with E-state index >= 15 is 0 Å². The first-order chi connectivity index (χ1) is 9.69. The highest BCUT2D eigenvalue weighted by atomic mass is 32.2. The quantitative estimate of drug-likeness (QED) is 0.928. The first-order valence-corrected chi connectivity index (χ1v) is 8.61.